The molecule has 3 rings (SSSR count). The van der Waals surface area contributed by atoms with Crippen LogP contribution in [0, 0.1) is 5.82 Å². The predicted octanol–water partition coefficient (Wildman–Crippen LogP) is 2.93. The smallest absolute Gasteiger partial charge is 0.123 e. The molecule has 0 radical (unpaired) electrons. The summed E-state index contributed by atoms with van der Waals surface area (Å²) in [6.45, 7) is 1.84. The minimum Gasteiger partial charge on any atom is -0.363 e. The molecule has 1 aliphatic rings. The molecule has 1 aliphatic heterocycles. The van der Waals surface area contributed by atoms with Crippen molar-refractivity contribution in [3.8, 4) is 0 Å². The van der Waals surface area contributed by atoms with Gasteiger partial charge in [0.2, 0.25) is 0 Å². The van der Waals surface area contributed by atoms with E-state index in [0.29, 0.717) is 0 Å². The maximum atomic E-state index is 13.6. The van der Waals surface area contributed by atoms with Gasteiger partial charge in [-0.05, 0) is 49.8 Å². The van der Waals surface area contributed by atoms with Gasteiger partial charge >= 0.3 is 0 Å². The molecule has 0 saturated heterocycles. The first-order chi connectivity index (χ1) is 10.3. The van der Waals surface area contributed by atoms with Gasteiger partial charge in [0.05, 0.1) is 17.4 Å². The zero-order chi connectivity index (χ0) is 14.7. The van der Waals surface area contributed by atoms with E-state index in [1.807, 2.05) is 25.4 Å². The van der Waals surface area contributed by atoms with Crippen molar-refractivity contribution in [2.75, 3.05) is 25.0 Å². The van der Waals surface area contributed by atoms with Gasteiger partial charge in [0.25, 0.3) is 0 Å². The number of hydrogen-bond donors (Lipinski definition) is 1. The molecule has 2 aromatic rings. The van der Waals surface area contributed by atoms with E-state index in [-0.39, 0.29) is 11.9 Å². The van der Waals surface area contributed by atoms with Crippen molar-refractivity contribution in [2.45, 2.75) is 18.9 Å². The largest absolute Gasteiger partial charge is 0.363 e. The SMILES string of the molecule is CNCC[C@@H](c1cccc(F)c1)N1CCc2ncccc21. The summed E-state index contributed by atoms with van der Waals surface area (Å²) < 4.78 is 13.6. The Balaban J connectivity index is 1.93. The molecule has 0 amide bonds. The predicted molar refractivity (Wildman–Crippen MR) is 83.0 cm³/mol. The Labute approximate surface area is 124 Å². The van der Waals surface area contributed by atoms with Crippen LogP contribution in [0.2, 0.25) is 0 Å². The van der Waals surface area contributed by atoms with Gasteiger partial charge in [-0.15, -0.1) is 0 Å². The van der Waals surface area contributed by atoms with Crippen LogP contribution in [0.5, 0.6) is 0 Å². The Bertz CT molecular complexity index is 614. The van der Waals surface area contributed by atoms with Gasteiger partial charge < -0.3 is 10.2 Å². The normalized spacial score (nSPS) is 15.0. The van der Waals surface area contributed by atoms with Gasteiger partial charge in [-0.1, -0.05) is 12.1 Å². The van der Waals surface area contributed by atoms with Crippen LogP contribution in [0.1, 0.15) is 23.7 Å². The lowest BCUT2D eigenvalue weighted by molar-refractivity contribution is 0.561. The van der Waals surface area contributed by atoms with Crippen LogP contribution in [0.15, 0.2) is 42.6 Å². The summed E-state index contributed by atoms with van der Waals surface area (Å²) in [6, 6.07) is 11.2. The van der Waals surface area contributed by atoms with Gasteiger partial charge in [-0.2, -0.15) is 0 Å². The molecule has 4 heteroatoms. The number of halogens is 1. The maximum Gasteiger partial charge on any atom is 0.123 e. The highest BCUT2D eigenvalue weighted by Crippen LogP contribution is 2.35. The third-order valence-electron chi connectivity index (χ3n) is 4.04. The second-order valence-electron chi connectivity index (χ2n) is 5.38. The summed E-state index contributed by atoms with van der Waals surface area (Å²) in [5.74, 6) is -0.174. The fourth-order valence-electron chi connectivity index (χ4n) is 3.05. The van der Waals surface area contributed by atoms with E-state index in [1.54, 1.807) is 12.1 Å². The molecule has 0 saturated carbocycles. The average Bonchev–Trinajstić information content (AvgIpc) is 2.92. The van der Waals surface area contributed by atoms with Gasteiger partial charge in [0.1, 0.15) is 5.82 Å². The van der Waals surface area contributed by atoms with Crippen LogP contribution in [0.25, 0.3) is 0 Å². The number of benzene rings is 1. The number of aromatic nitrogens is 1. The van der Waals surface area contributed by atoms with E-state index in [9.17, 15) is 4.39 Å². The van der Waals surface area contributed by atoms with E-state index in [2.05, 4.69) is 21.3 Å². The van der Waals surface area contributed by atoms with Crippen molar-refractivity contribution in [1.29, 1.82) is 0 Å². The van der Waals surface area contributed by atoms with Crippen LogP contribution in [-0.2, 0) is 6.42 Å². The molecule has 0 spiro atoms. The summed E-state index contributed by atoms with van der Waals surface area (Å²) in [4.78, 5) is 6.81. The number of rotatable bonds is 5. The van der Waals surface area contributed by atoms with Crippen LogP contribution < -0.4 is 10.2 Å². The van der Waals surface area contributed by atoms with Crippen molar-refractivity contribution in [3.63, 3.8) is 0 Å². The highest BCUT2D eigenvalue weighted by atomic mass is 19.1. The zero-order valence-corrected chi connectivity index (χ0v) is 12.2. The zero-order valence-electron chi connectivity index (χ0n) is 12.2. The molecule has 1 atom stereocenters. The van der Waals surface area contributed by atoms with Crippen molar-refractivity contribution >= 4 is 5.69 Å². The molecule has 110 valence electrons. The first-order valence-corrected chi connectivity index (χ1v) is 7.40. The van der Waals surface area contributed by atoms with Crippen molar-refractivity contribution < 1.29 is 4.39 Å². The van der Waals surface area contributed by atoms with Crippen molar-refractivity contribution in [2.24, 2.45) is 0 Å². The minimum atomic E-state index is -0.174. The standard InChI is InChI=1S/C17H20FN3/c1-19-10-7-16(13-4-2-5-14(18)12-13)21-11-8-15-17(21)6-3-9-20-15/h2-6,9,12,16,19H,7-8,10-11H2,1H3/t16-/m0/s1. The van der Waals surface area contributed by atoms with E-state index in [0.717, 1.165) is 37.2 Å². The topological polar surface area (TPSA) is 28.2 Å². The number of anilines is 1. The Hall–Kier alpha value is -1.94. The third-order valence-corrected chi connectivity index (χ3v) is 4.04. The minimum absolute atomic E-state index is 0.174. The molecule has 0 bridgehead atoms. The molecule has 21 heavy (non-hydrogen) atoms. The number of nitrogens with one attached hydrogen (secondary N) is 1. The first kappa shape index (κ1) is 14.0. The summed E-state index contributed by atoms with van der Waals surface area (Å²) in [5, 5.41) is 3.19. The summed E-state index contributed by atoms with van der Waals surface area (Å²) in [6.07, 6.45) is 3.74. The van der Waals surface area contributed by atoms with Gasteiger partial charge in [0, 0.05) is 19.2 Å². The Kier molecular flexibility index (Phi) is 4.15. The van der Waals surface area contributed by atoms with E-state index >= 15 is 0 Å². The fraction of sp³-hybridized carbons (Fsp3) is 0.353. The van der Waals surface area contributed by atoms with Gasteiger partial charge in [0.15, 0.2) is 0 Å². The molecule has 1 aromatic carbocycles. The van der Waals surface area contributed by atoms with Gasteiger partial charge in [-0.3, -0.25) is 4.98 Å². The second kappa shape index (κ2) is 6.22. The number of nitrogens with zero attached hydrogens (tertiary/aromatic N) is 2. The molecule has 1 N–H and O–H groups in total. The molecule has 1 aromatic heterocycles. The van der Waals surface area contributed by atoms with Crippen LogP contribution in [0.3, 0.4) is 0 Å². The van der Waals surface area contributed by atoms with E-state index in [1.165, 1.54) is 11.8 Å². The maximum absolute atomic E-state index is 13.6. The molecular weight excluding hydrogens is 265 g/mol. The van der Waals surface area contributed by atoms with Crippen LogP contribution in [0.4, 0.5) is 10.1 Å². The molecular formula is C17H20FN3. The van der Waals surface area contributed by atoms with Crippen LogP contribution >= 0.6 is 0 Å². The molecule has 0 unspecified atom stereocenters. The Morgan fingerprint density at radius 1 is 1.33 bits per heavy atom. The lowest BCUT2D eigenvalue weighted by Crippen LogP contribution is -2.29. The molecule has 0 fully saturated rings. The third kappa shape index (κ3) is 2.90. The number of fused-ring (bicyclic) bond motifs is 1. The molecule has 2 heterocycles. The lowest BCUT2D eigenvalue weighted by Gasteiger charge is -2.30. The molecule has 0 aliphatic carbocycles. The van der Waals surface area contributed by atoms with E-state index in [4.69, 9.17) is 0 Å². The summed E-state index contributed by atoms with van der Waals surface area (Å²) in [7, 11) is 1.95. The highest BCUT2D eigenvalue weighted by molar-refractivity contribution is 5.56. The monoisotopic (exact) mass is 285 g/mol. The summed E-state index contributed by atoms with van der Waals surface area (Å²) in [5.41, 5.74) is 3.35. The number of pyridine rings is 1. The van der Waals surface area contributed by atoms with E-state index < -0.39 is 0 Å². The van der Waals surface area contributed by atoms with Crippen LogP contribution in [-0.4, -0.2) is 25.1 Å². The quantitative estimate of drug-likeness (QED) is 0.915. The first-order valence-electron chi connectivity index (χ1n) is 7.40. The molecule has 3 nitrogen and oxygen atoms in total. The average molecular weight is 285 g/mol. The van der Waals surface area contributed by atoms with Crippen molar-refractivity contribution in [1.82, 2.24) is 10.3 Å². The lowest BCUT2D eigenvalue weighted by atomic mass is 10.0. The highest BCUT2D eigenvalue weighted by Gasteiger charge is 2.27. The number of hydrogen-bond acceptors (Lipinski definition) is 3. The van der Waals surface area contributed by atoms with Crippen molar-refractivity contribution in [3.05, 3.63) is 59.7 Å². The summed E-state index contributed by atoms with van der Waals surface area (Å²) >= 11 is 0. The van der Waals surface area contributed by atoms with Gasteiger partial charge in [-0.25, -0.2) is 4.39 Å². The fourth-order valence-corrected chi connectivity index (χ4v) is 3.05. The Morgan fingerprint density at radius 2 is 2.24 bits per heavy atom. The Morgan fingerprint density at radius 3 is 3.05 bits per heavy atom. The second-order valence-corrected chi connectivity index (χ2v) is 5.38.